The third-order valence-electron chi connectivity index (χ3n) is 1.38. The lowest BCUT2D eigenvalue weighted by atomic mass is 10.4. The van der Waals surface area contributed by atoms with Gasteiger partial charge in [0.15, 0.2) is 0 Å². The molecule has 78 valence electrons. The summed E-state index contributed by atoms with van der Waals surface area (Å²) in [6, 6.07) is 1.49. The molecule has 2 N–H and O–H groups in total. The van der Waals surface area contributed by atoms with Crippen LogP contribution in [0.15, 0.2) is 15.7 Å². The number of rotatable bonds is 4. The molecule has 0 unspecified atom stereocenters. The van der Waals surface area contributed by atoms with Crippen LogP contribution in [0.2, 0.25) is 0 Å². The molecule has 1 aromatic rings. The zero-order valence-corrected chi connectivity index (χ0v) is 8.98. The van der Waals surface area contributed by atoms with Crippen LogP contribution in [0.4, 0.5) is 0 Å². The molecule has 0 radical (unpaired) electrons. The summed E-state index contributed by atoms with van der Waals surface area (Å²) >= 11 is 1.06. The van der Waals surface area contributed by atoms with Gasteiger partial charge >= 0.3 is 5.97 Å². The van der Waals surface area contributed by atoms with Crippen LogP contribution in [0, 0.1) is 6.92 Å². The highest BCUT2D eigenvalue weighted by atomic mass is 32.2. The van der Waals surface area contributed by atoms with Gasteiger partial charge in [-0.15, -0.1) is 11.3 Å². The number of carboxylic acid groups (broad SMARTS) is 1. The van der Waals surface area contributed by atoms with Crippen molar-refractivity contribution in [2.24, 2.45) is 0 Å². The van der Waals surface area contributed by atoms with E-state index in [4.69, 9.17) is 5.11 Å². The van der Waals surface area contributed by atoms with Gasteiger partial charge in [-0.3, -0.25) is 4.79 Å². The molecule has 0 bridgehead atoms. The van der Waals surface area contributed by atoms with Crippen molar-refractivity contribution >= 4 is 27.3 Å². The van der Waals surface area contributed by atoms with Crippen LogP contribution < -0.4 is 4.72 Å². The highest BCUT2D eigenvalue weighted by molar-refractivity contribution is 7.91. The van der Waals surface area contributed by atoms with E-state index in [1.165, 1.54) is 6.07 Å². The van der Waals surface area contributed by atoms with Crippen molar-refractivity contribution in [1.82, 2.24) is 4.72 Å². The van der Waals surface area contributed by atoms with Crippen LogP contribution >= 0.6 is 11.3 Å². The minimum atomic E-state index is -3.65. The molecule has 0 saturated heterocycles. The summed E-state index contributed by atoms with van der Waals surface area (Å²) in [5, 5.41) is 10.00. The summed E-state index contributed by atoms with van der Waals surface area (Å²) in [6.07, 6.45) is 0. The molecular formula is C7H9NO4S2. The molecule has 1 aromatic heterocycles. The van der Waals surface area contributed by atoms with Crippen molar-refractivity contribution in [3.05, 3.63) is 17.0 Å². The van der Waals surface area contributed by atoms with Gasteiger partial charge in [0.2, 0.25) is 0 Å². The fourth-order valence-corrected chi connectivity index (χ4v) is 3.02. The normalized spacial score (nSPS) is 11.5. The van der Waals surface area contributed by atoms with E-state index in [-0.39, 0.29) is 4.21 Å². The molecule has 5 nitrogen and oxygen atoms in total. The van der Waals surface area contributed by atoms with Crippen molar-refractivity contribution in [2.75, 3.05) is 6.54 Å². The van der Waals surface area contributed by atoms with Gasteiger partial charge in [0, 0.05) is 0 Å². The molecule has 0 spiro atoms. The third-order valence-corrected chi connectivity index (χ3v) is 4.34. The summed E-state index contributed by atoms with van der Waals surface area (Å²) in [5.41, 5.74) is 0.839. The molecular weight excluding hydrogens is 226 g/mol. The number of hydrogen-bond donors (Lipinski definition) is 2. The lowest BCUT2D eigenvalue weighted by Gasteiger charge is -2.00. The van der Waals surface area contributed by atoms with E-state index < -0.39 is 22.5 Å². The van der Waals surface area contributed by atoms with Crippen molar-refractivity contribution < 1.29 is 18.3 Å². The summed E-state index contributed by atoms with van der Waals surface area (Å²) in [6.45, 7) is 1.17. The van der Waals surface area contributed by atoms with Crippen LogP contribution in [0.1, 0.15) is 5.56 Å². The van der Waals surface area contributed by atoms with E-state index in [0.29, 0.717) is 0 Å². The smallest absolute Gasteiger partial charge is 0.318 e. The standard InChI is InChI=1S/C7H9NO4S2/c1-5-2-7(13-4-5)14(11,12)8-3-6(9)10/h2,4,8H,3H2,1H3,(H,9,10). The minimum Gasteiger partial charge on any atom is -0.480 e. The number of carboxylic acids is 1. The number of aliphatic carboxylic acids is 1. The van der Waals surface area contributed by atoms with Gasteiger partial charge in [0.1, 0.15) is 10.8 Å². The van der Waals surface area contributed by atoms with Crippen molar-refractivity contribution in [3.63, 3.8) is 0 Å². The molecule has 0 fully saturated rings. The molecule has 7 heteroatoms. The minimum absolute atomic E-state index is 0.135. The van der Waals surface area contributed by atoms with Crippen LogP contribution in [0.3, 0.4) is 0 Å². The summed E-state index contributed by atoms with van der Waals surface area (Å²) in [4.78, 5) is 10.2. The van der Waals surface area contributed by atoms with Gasteiger partial charge in [0.25, 0.3) is 10.0 Å². The van der Waals surface area contributed by atoms with Crippen molar-refractivity contribution in [2.45, 2.75) is 11.1 Å². The average Bonchev–Trinajstić information content (AvgIpc) is 2.49. The van der Waals surface area contributed by atoms with Gasteiger partial charge < -0.3 is 5.11 Å². The third kappa shape index (κ3) is 2.79. The number of aryl methyl sites for hydroxylation is 1. The average molecular weight is 235 g/mol. The molecule has 14 heavy (non-hydrogen) atoms. The second kappa shape index (κ2) is 4.07. The van der Waals surface area contributed by atoms with Gasteiger partial charge in [0.05, 0.1) is 0 Å². The molecule has 0 aliphatic rings. The second-order valence-electron chi connectivity index (χ2n) is 2.66. The first-order valence-electron chi connectivity index (χ1n) is 3.68. The highest BCUT2D eigenvalue weighted by Crippen LogP contribution is 2.18. The topological polar surface area (TPSA) is 83.5 Å². The molecule has 0 amide bonds. The number of hydrogen-bond acceptors (Lipinski definition) is 4. The van der Waals surface area contributed by atoms with Crippen molar-refractivity contribution in [1.29, 1.82) is 0 Å². The van der Waals surface area contributed by atoms with Gasteiger partial charge in [-0.1, -0.05) is 0 Å². The monoisotopic (exact) mass is 235 g/mol. The number of thiophene rings is 1. The van der Waals surface area contributed by atoms with Crippen LogP contribution in [-0.2, 0) is 14.8 Å². The van der Waals surface area contributed by atoms with E-state index >= 15 is 0 Å². The van der Waals surface area contributed by atoms with E-state index in [1.807, 2.05) is 4.72 Å². The Morgan fingerprint density at radius 1 is 1.64 bits per heavy atom. The van der Waals surface area contributed by atoms with Crippen LogP contribution in [-0.4, -0.2) is 26.0 Å². The Morgan fingerprint density at radius 3 is 2.71 bits per heavy atom. The first kappa shape index (κ1) is 11.2. The Bertz CT molecular complexity index is 434. The summed E-state index contributed by atoms with van der Waals surface area (Å²) < 4.78 is 24.9. The Labute approximate surface area is 85.4 Å². The van der Waals surface area contributed by atoms with Gasteiger partial charge in [-0.2, -0.15) is 4.72 Å². The highest BCUT2D eigenvalue weighted by Gasteiger charge is 2.16. The predicted molar refractivity (Wildman–Crippen MR) is 51.9 cm³/mol. The molecule has 0 aliphatic carbocycles. The Morgan fingerprint density at radius 2 is 2.29 bits per heavy atom. The van der Waals surface area contributed by atoms with Gasteiger partial charge in [-0.25, -0.2) is 8.42 Å². The van der Waals surface area contributed by atoms with Crippen LogP contribution in [0.25, 0.3) is 0 Å². The largest absolute Gasteiger partial charge is 0.480 e. The predicted octanol–water partition coefficient (Wildman–Crippen LogP) is 0.419. The first-order chi connectivity index (χ1) is 6.42. The maximum absolute atomic E-state index is 11.4. The zero-order valence-electron chi connectivity index (χ0n) is 7.35. The molecule has 1 rings (SSSR count). The Hall–Kier alpha value is -0.920. The quantitative estimate of drug-likeness (QED) is 0.792. The van der Waals surface area contributed by atoms with E-state index in [1.54, 1.807) is 12.3 Å². The SMILES string of the molecule is Cc1csc(S(=O)(=O)NCC(=O)O)c1. The summed E-state index contributed by atoms with van der Waals surface area (Å²) in [7, 11) is -3.65. The number of nitrogens with one attached hydrogen (secondary N) is 1. The first-order valence-corrected chi connectivity index (χ1v) is 6.05. The Balaban J connectivity index is 2.81. The number of carbonyl (C=O) groups is 1. The Kier molecular flexibility index (Phi) is 3.25. The second-order valence-corrected chi connectivity index (χ2v) is 5.57. The molecule has 0 aromatic carbocycles. The summed E-state index contributed by atoms with van der Waals surface area (Å²) in [5.74, 6) is -1.21. The zero-order chi connectivity index (χ0) is 10.8. The lowest BCUT2D eigenvalue weighted by Crippen LogP contribution is -2.28. The lowest BCUT2D eigenvalue weighted by molar-refractivity contribution is -0.135. The molecule has 0 aliphatic heterocycles. The number of sulfonamides is 1. The molecule has 0 saturated carbocycles. The fourth-order valence-electron chi connectivity index (χ4n) is 0.774. The fraction of sp³-hybridized carbons (Fsp3) is 0.286. The maximum atomic E-state index is 11.4. The van der Waals surface area contributed by atoms with Gasteiger partial charge in [-0.05, 0) is 23.9 Å². The van der Waals surface area contributed by atoms with E-state index in [9.17, 15) is 13.2 Å². The van der Waals surface area contributed by atoms with E-state index in [0.717, 1.165) is 16.9 Å². The van der Waals surface area contributed by atoms with E-state index in [2.05, 4.69) is 0 Å². The van der Waals surface area contributed by atoms with Crippen molar-refractivity contribution in [3.8, 4) is 0 Å². The molecule has 0 atom stereocenters. The maximum Gasteiger partial charge on any atom is 0.318 e. The molecule has 1 heterocycles. The van der Waals surface area contributed by atoms with Crippen LogP contribution in [0.5, 0.6) is 0 Å².